The maximum absolute atomic E-state index is 13.1. The summed E-state index contributed by atoms with van der Waals surface area (Å²) in [6.45, 7) is 3.79. The van der Waals surface area contributed by atoms with Crippen molar-refractivity contribution in [3.05, 3.63) is 78.6 Å². The van der Waals surface area contributed by atoms with Crippen LogP contribution in [0.3, 0.4) is 0 Å². The lowest BCUT2D eigenvalue weighted by Crippen LogP contribution is -2.44. The third kappa shape index (κ3) is 4.36. The molecule has 1 aliphatic rings. The van der Waals surface area contributed by atoms with E-state index in [0.717, 1.165) is 65.1 Å². The Hall–Kier alpha value is -4.17. The standard InChI is InChI=1S/C27H25N7O/c1-33-8-10-34(11-9-33)26-14-19(4-6-28-26)24(35)15-25-30-16-21-3-2-18(13-23(21)32-25)22-12-20-5-7-29-27(20)31-17-22/h2-7,12-14,16-17H,8-11,15H2,1H3,(H,29,31). The fourth-order valence-corrected chi connectivity index (χ4v) is 4.47. The number of pyridine rings is 2. The first-order chi connectivity index (χ1) is 17.1. The summed E-state index contributed by atoms with van der Waals surface area (Å²) in [4.78, 5) is 38.9. The van der Waals surface area contributed by atoms with E-state index in [1.807, 2.05) is 42.7 Å². The molecule has 5 aromatic rings. The average molecular weight is 464 g/mol. The number of rotatable bonds is 5. The Morgan fingerprint density at radius 3 is 2.69 bits per heavy atom. The zero-order valence-corrected chi connectivity index (χ0v) is 19.5. The second-order valence-electron chi connectivity index (χ2n) is 8.99. The number of benzene rings is 1. The zero-order valence-electron chi connectivity index (χ0n) is 19.5. The van der Waals surface area contributed by atoms with E-state index in [1.54, 1.807) is 18.5 Å². The number of ketones is 1. The quantitative estimate of drug-likeness (QED) is 0.397. The molecule has 8 nitrogen and oxygen atoms in total. The molecule has 0 radical (unpaired) electrons. The van der Waals surface area contributed by atoms with Crippen molar-refractivity contribution in [1.82, 2.24) is 29.8 Å². The minimum absolute atomic E-state index is 0.0135. The van der Waals surface area contributed by atoms with Gasteiger partial charge in [-0.1, -0.05) is 12.1 Å². The van der Waals surface area contributed by atoms with Crippen molar-refractivity contribution >= 4 is 33.5 Å². The molecule has 35 heavy (non-hydrogen) atoms. The largest absolute Gasteiger partial charge is 0.354 e. The number of piperazine rings is 1. The maximum Gasteiger partial charge on any atom is 0.170 e. The van der Waals surface area contributed by atoms with Crippen LogP contribution in [0, 0.1) is 0 Å². The number of aromatic nitrogens is 5. The van der Waals surface area contributed by atoms with Crippen molar-refractivity contribution in [2.24, 2.45) is 0 Å². The molecule has 0 aliphatic carbocycles. The fourth-order valence-electron chi connectivity index (χ4n) is 4.47. The van der Waals surface area contributed by atoms with Crippen LogP contribution in [0.25, 0.3) is 33.1 Å². The summed E-state index contributed by atoms with van der Waals surface area (Å²) < 4.78 is 0. The van der Waals surface area contributed by atoms with Crippen LogP contribution in [0.1, 0.15) is 16.2 Å². The van der Waals surface area contributed by atoms with Gasteiger partial charge in [0.1, 0.15) is 17.3 Å². The molecule has 1 aromatic carbocycles. The summed E-state index contributed by atoms with van der Waals surface area (Å²) in [6.07, 6.45) is 7.37. The number of anilines is 1. The summed E-state index contributed by atoms with van der Waals surface area (Å²) >= 11 is 0. The number of carbonyl (C=O) groups excluding carboxylic acids is 1. The number of aromatic amines is 1. The molecule has 174 valence electrons. The van der Waals surface area contributed by atoms with Gasteiger partial charge in [0.15, 0.2) is 5.78 Å². The van der Waals surface area contributed by atoms with E-state index in [9.17, 15) is 4.79 Å². The Bertz CT molecular complexity index is 1540. The van der Waals surface area contributed by atoms with Gasteiger partial charge in [-0.3, -0.25) is 4.79 Å². The molecule has 1 saturated heterocycles. The summed E-state index contributed by atoms with van der Waals surface area (Å²) in [5.41, 5.74) is 4.35. The van der Waals surface area contributed by atoms with Crippen LogP contribution in [0.5, 0.6) is 0 Å². The van der Waals surface area contributed by atoms with E-state index in [0.29, 0.717) is 11.4 Å². The molecule has 0 amide bonds. The third-order valence-electron chi connectivity index (χ3n) is 6.58. The number of Topliss-reactive ketones (excluding diaryl/α,β-unsaturated/α-hetero) is 1. The molecule has 0 saturated carbocycles. The molecule has 6 rings (SSSR count). The number of nitrogens with one attached hydrogen (secondary N) is 1. The van der Waals surface area contributed by atoms with E-state index in [4.69, 9.17) is 4.98 Å². The van der Waals surface area contributed by atoms with Crippen molar-refractivity contribution in [3.8, 4) is 11.1 Å². The summed E-state index contributed by atoms with van der Waals surface area (Å²) in [7, 11) is 2.12. The number of hydrogen-bond acceptors (Lipinski definition) is 7. The van der Waals surface area contributed by atoms with E-state index in [-0.39, 0.29) is 12.2 Å². The van der Waals surface area contributed by atoms with Crippen LogP contribution in [0.4, 0.5) is 5.82 Å². The molecule has 0 spiro atoms. The average Bonchev–Trinajstić information content (AvgIpc) is 3.37. The van der Waals surface area contributed by atoms with E-state index >= 15 is 0 Å². The minimum Gasteiger partial charge on any atom is -0.354 e. The molecule has 8 heteroatoms. The topological polar surface area (TPSA) is 90.9 Å². The predicted molar refractivity (Wildman–Crippen MR) is 137 cm³/mol. The van der Waals surface area contributed by atoms with Crippen molar-refractivity contribution < 1.29 is 4.79 Å². The van der Waals surface area contributed by atoms with Gasteiger partial charge in [-0.2, -0.15) is 0 Å². The van der Waals surface area contributed by atoms with Gasteiger partial charge in [-0.15, -0.1) is 0 Å². The first-order valence-corrected chi connectivity index (χ1v) is 11.7. The highest BCUT2D eigenvalue weighted by Gasteiger charge is 2.17. The van der Waals surface area contributed by atoms with E-state index < -0.39 is 0 Å². The molecule has 4 aromatic heterocycles. The van der Waals surface area contributed by atoms with Crippen LogP contribution in [-0.2, 0) is 6.42 Å². The number of hydrogen-bond donors (Lipinski definition) is 1. The van der Waals surface area contributed by atoms with Crippen molar-refractivity contribution in [1.29, 1.82) is 0 Å². The minimum atomic E-state index is -0.0135. The van der Waals surface area contributed by atoms with Gasteiger partial charge in [-0.05, 0) is 42.9 Å². The number of fused-ring (bicyclic) bond motifs is 2. The molecule has 1 N–H and O–H groups in total. The van der Waals surface area contributed by atoms with Crippen LogP contribution < -0.4 is 4.90 Å². The van der Waals surface area contributed by atoms with Gasteiger partial charge in [0.2, 0.25) is 0 Å². The number of carbonyl (C=O) groups is 1. The van der Waals surface area contributed by atoms with Gasteiger partial charge in [-0.25, -0.2) is 19.9 Å². The lowest BCUT2D eigenvalue weighted by molar-refractivity contribution is 0.0991. The Balaban J connectivity index is 1.24. The fraction of sp³-hybridized carbons (Fsp3) is 0.222. The Morgan fingerprint density at radius 2 is 1.80 bits per heavy atom. The van der Waals surface area contributed by atoms with Gasteiger partial charge < -0.3 is 14.8 Å². The first kappa shape index (κ1) is 21.4. The second-order valence-corrected chi connectivity index (χ2v) is 8.99. The normalized spacial score (nSPS) is 14.6. The smallest absolute Gasteiger partial charge is 0.170 e. The molecule has 0 atom stereocenters. The van der Waals surface area contributed by atoms with E-state index in [2.05, 4.69) is 42.8 Å². The van der Waals surface area contributed by atoms with Gasteiger partial charge in [0.05, 0.1) is 11.9 Å². The van der Waals surface area contributed by atoms with Gasteiger partial charge >= 0.3 is 0 Å². The molecular formula is C27H25N7O. The predicted octanol–water partition coefficient (Wildman–Crippen LogP) is 3.75. The molecule has 1 fully saturated rings. The summed E-state index contributed by atoms with van der Waals surface area (Å²) in [6, 6.07) is 13.8. The Kier molecular flexibility index (Phi) is 5.42. The lowest BCUT2D eigenvalue weighted by atomic mass is 10.0. The van der Waals surface area contributed by atoms with Crippen molar-refractivity contribution in [3.63, 3.8) is 0 Å². The lowest BCUT2D eigenvalue weighted by Gasteiger charge is -2.33. The Morgan fingerprint density at radius 1 is 0.914 bits per heavy atom. The molecule has 0 bridgehead atoms. The van der Waals surface area contributed by atoms with Crippen LogP contribution in [0.2, 0.25) is 0 Å². The highest BCUT2D eigenvalue weighted by Crippen LogP contribution is 2.25. The number of nitrogens with zero attached hydrogens (tertiary/aromatic N) is 6. The summed E-state index contributed by atoms with van der Waals surface area (Å²) in [5, 5.41) is 1.99. The van der Waals surface area contributed by atoms with Crippen molar-refractivity contribution in [2.45, 2.75) is 6.42 Å². The Labute approximate surface area is 202 Å². The second kappa shape index (κ2) is 8.88. The van der Waals surface area contributed by atoms with E-state index in [1.165, 1.54) is 0 Å². The molecular weight excluding hydrogens is 438 g/mol. The maximum atomic E-state index is 13.1. The molecule has 1 aliphatic heterocycles. The molecule has 0 unspecified atom stereocenters. The van der Waals surface area contributed by atoms with Crippen LogP contribution in [-0.4, -0.2) is 68.8 Å². The highest BCUT2D eigenvalue weighted by molar-refractivity contribution is 5.98. The van der Waals surface area contributed by atoms with Crippen molar-refractivity contribution in [2.75, 3.05) is 38.1 Å². The monoisotopic (exact) mass is 463 g/mol. The number of H-pyrrole nitrogens is 1. The van der Waals surface area contributed by atoms with Crippen LogP contribution >= 0.6 is 0 Å². The SMILES string of the molecule is CN1CCN(c2cc(C(=O)Cc3ncc4ccc(-c5cnc6[nH]ccc6c5)cc4n3)ccn2)CC1. The third-order valence-corrected chi connectivity index (χ3v) is 6.58. The first-order valence-electron chi connectivity index (χ1n) is 11.7. The van der Waals surface area contributed by atoms with Crippen LogP contribution in [0.15, 0.2) is 67.3 Å². The highest BCUT2D eigenvalue weighted by atomic mass is 16.1. The number of likely N-dealkylation sites (N-methyl/N-ethyl adjacent to an activating group) is 1. The summed E-state index contributed by atoms with van der Waals surface area (Å²) in [5.74, 6) is 1.35. The van der Waals surface area contributed by atoms with Gasteiger partial charge in [0.25, 0.3) is 0 Å². The zero-order chi connectivity index (χ0) is 23.8. The molecule has 5 heterocycles. The van der Waals surface area contributed by atoms with Gasteiger partial charge in [0, 0.05) is 72.9 Å².